The molecule has 0 saturated carbocycles. The molecule has 1 unspecified atom stereocenters. The smallest absolute Gasteiger partial charge is 0.287 e. The molecule has 36 heavy (non-hydrogen) atoms. The van der Waals surface area contributed by atoms with E-state index >= 15 is 0 Å². The Morgan fingerprint density at radius 1 is 1.11 bits per heavy atom. The van der Waals surface area contributed by atoms with Gasteiger partial charge in [0.25, 0.3) is 12.3 Å². The number of ether oxygens (including phenoxy) is 3. The highest BCUT2D eigenvalue weighted by Crippen LogP contribution is 2.34. The van der Waals surface area contributed by atoms with Gasteiger partial charge in [0.2, 0.25) is 6.30 Å². The highest BCUT2D eigenvalue weighted by atomic mass is 19.3. The lowest BCUT2D eigenvalue weighted by Gasteiger charge is -2.25. The first-order chi connectivity index (χ1) is 17.4. The Balaban J connectivity index is 1.49. The van der Waals surface area contributed by atoms with E-state index in [1.165, 1.54) is 26.4 Å². The first-order valence-corrected chi connectivity index (χ1v) is 11.0. The Hall–Kier alpha value is -4.06. The number of carbonyl (C=O) groups is 1. The number of hydrogen-bond donors (Lipinski definition) is 1. The quantitative estimate of drug-likeness (QED) is 0.370. The van der Waals surface area contributed by atoms with E-state index in [9.17, 15) is 18.0 Å². The fourth-order valence-corrected chi connectivity index (χ4v) is 3.98. The molecule has 12 heteroatoms. The molecule has 1 fully saturated rings. The van der Waals surface area contributed by atoms with Gasteiger partial charge in [-0.25, -0.2) is 18.2 Å². The molecular weight excluding hydrogens is 479 g/mol. The fraction of sp³-hybridized carbons (Fsp3) is 0.292. The zero-order chi connectivity index (χ0) is 25.4. The van der Waals surface area contributed by atoms with Crippen molar-refractivity contribution < 1.29 is 32.2 Å². The van der Waals surface area contributed by atoms with Crippen LogP contribution in [0.1, 0.15) is 16.4 Å². The molecule has 1 saturated heterocycles. The molecule has 0 aliphatic carbocycles. The minimum Gasteiger partial charge on any atom is -0.496 e. The largest absolute Gasteiger partial charge is 0.496 e. The summed E-state index contributed by atoms with van der Waals surface area (Å²) < 4.78 is 58.1. The van der Waals surface area contributed by atoms with Crippen LogP contribution in [0.4, 0.5) is 13.2 Å². The number of rotatable bonds is 8. The zero-order valence-corrected chi connectivity index (χ0v) is 19.3. The topological polar surface area (TPSA) is 92.4 Å². The molecule has 0 bridgehead atoms. The van der Waals surface area contributed by atoms with E-state index in [-0.39, 0.29) is 23.1 Å². The van der Waals surface area contributed by atoms with Crippen molar-refractivity contribution in [3.8, 4) is 28.3 Å². The number of hydrogen-bond acceptors (Lipinski definition) is 6. The van der Waals surface area contributed by atoms with Gasteiger partial charge in [-0.1, -0.05) is 6.07 Å². The first kappa shape index (κ1) is 23.7. The number of fused-ring (bicyclic) bond motifs is 1. The van der Waals surface area contributed by atoms with Crippen LogP contribution in [-0.4, -0.2) is 65.4 Å². The van der Waals surface area contributed by atoms with E-state index < -0.39 is 18.6 Å². The molecule has 1 aliphatic rings. The van der Waals surface area contributed by atoms with Gasteiger partial charge >= 0.3 is 0 Å². The number of methoxy groups -OCH3 is 2. The van der Waals surface area contributed by atoms with Gasteiger partial charge < -0.3 is 19.5 Å². The molecule has 0 spiro atoms. The maximum atomic E-state index is 13.4. The molecule has 9 nitrogen and oxygen atoms in total. The Bertz CT molecular complexity index is 1390. The molecule has 1 aliphatic heterocycles. The summed E-state index contributed by atoms with van der Waals surface area (Å²) in [7, 11) is 2.62. The highest BCUT2D eigenvalue weighted by Gasteiger charge is 2.27. The lowest BCUT2D eigenvalue weighted by Crippen LogP contribution is -2.36. The average molecular weight is 501 g/mol. The van der Waals surface area contributed by atoms with Gasteiger partial charge in [0, 0.05) is 23.9 Å². The standard InChI is InChI=1S/C24H22F3N5O4/c1-34-19-6-15(7-20(35-2)21(19)24(33)30-23(27)22(25)26)31-12-28-17-5-13(3-4-18(17)31)14-8-29-32(9-14)16-10-36-11-16/h3-9,12,16,22-23H,10-11H2,1-2H3,(H,30,33). The molecule has 2 aromatic heterocycles. The van der Waals surface area contributed by atoms with Crippen LogP contribution in [0.15, 0.2) is 49.1 Å². The van der Waals surface area contributed by atoms with Crippen LogP contribution < -0.4 is 14.8 Å². The normalized spacial score (nSPS) is 14.6. The molecule has 3 heterocycles. The maximum Gasteiger partial charge on any atom is 0.287 e. The van der Waals surface area contributed by atoms with Gasteiger partial charge in [-0.2, -0.15) is 5.10 Å². The number of imidazole rings is 1. The van der Waals surface area contributed by atoms with Crippen molar-refractivity contribution in [2.45, 2.75) is 18.8 Å². The van der Waals surface area contributed by atoms with Gasteiger partial charge in [-0.15, -0.1) is 0 Å². The molecule has 1 atom stereocenters. The van der Waals surface area contributed by atoms with Crippen molar-refractivity contribution >= 4 is 16.9 Å². The predicted molar refractivity (Wildman–Crippen MR) is 124 cm³/mol. The molecule has 1 amide bonds. The number of nitrogens with zero attached hydrogens (tertiary/aromatic N) is 4. The molecule has 4 aromatic rings. The third-order valence-corrected chi connectivity index (χ3v) is 5.96. The number of halogens is 3. The Kier molecular flexibility index (Phi) is 6.27. The maximum absolute atomic E-state index is 13.4. The summed E-state index contributed by atoms with van der Waals surface area (Å²) in [5.74, 6) is -1.04. The summed E-state index contributed by atoms with van der Waals surface area (Å²) in [6.07, 6.45) is -0.819. The predicted octanol–water partition coefficient (Wildman–Crippen LogP) is 3.77. The summed E-state index contributed by atoms with van der Waals surface area (Å²) in [6, 6.07) is 9.08. The second kappa shape index (κ2) is 9.53. The van der Waals surface area contributed by atoms with E-state index in [0.717, 1.165) is 16.6 Å². The van der Waals surface area contributed by atoms with Crippen molar-refractivity contribution in [2.75, 3.05) is 27.4 Å². The molecule has 2 aromatic carbocycles. The lowest BCUT2D eigenvalue weighted by molar-refractivity contribution is -0.0286. The van der Waals surface area contributed by atoms with Crippen LogP contribution in [-0.2, 0) is 4.74 Å². The molecule has 1 N–H and O–H groups in total. The van der Waals surface area contributed by atoms with E-state index in [0.29, 0.717) is 24.4 Å². The van der Waals surface area contributed by atoms with E-state index in [1.54, 1.807) is 22.4 Å². The van der Waals surface area contributed by atoms with Crippen LogP contribution in [0.3, 0.4) is 0 Å². The Labute approximate surface area is 203 Å². The Morgan fingerprint density at radius 3 is 2.44 bits per heavy atom. The monoisotopic (exact) mass is 501 g/mol. The van der Waals surface area contributed by atoms with Crippen molar-refractivity contribution in [1.82, 2.24) is 24.6 Å². The van der Waals surface area contributed by atoms with Crippen LogP contribution in [0.25, 0.3) is 27.8 Å². The number of nitrogens with one attached hydrogen (secondary N) is 1. The van der Waals surface area contributed by atoms with Crippen molar-refractivity contribution in [3.63, 3.8) is 0 Å². The zero-order valence-electron chi connectivity index (χ0n) is 19.3. The van der Waals surface area contributed by atoms with Crippen LogP contribution in [0.2, 0.25) is 0 Å². The van der Waals surface area contributed by atoms with E-state index in [4.69, 9.17) is 14.2 Å². The van der Waals surface area contributed by atoms with Crippen molar-refractivity contribution in [2.24, 2.45) is 0 Å². The van der Waals surface area contributed by atoms with Crippen LogP contribution in [0, 0.1) is 0 Å². The Morgan fingerprint density at radius 2 is 1.83 bits per heavy atom. The summed E-state index contributed by atoms with van der Waals surface area (Å²) >= 11 is 0. The highest BCUT2D eigenvalue weighted by molar-refractivity contribution is 6.00. The second-order valence-corrected chi connectivity index (χ2v) is 8.15. The summed E-state index contributed by atoms with van der Waals surface area (Å²) in [5.41, 5.74) is 3.71. The SMILES string of the molecule is COc1cc(-n2cnc3cc(-c4cnn(C5COC5)c4)ccc32)cc(OC)c1C(=O)NC(F)C(F)F. The fourth-order valence-electron chi connectivity index (χ4n) is 3.98. The van der Waals surface area contributed by atoms with Gasteiger partial charge in [0.15, 0.2) is 0 Å². The van der Waals surface area contributed by atoms with Crippen molar-refractivity contribution in [1.29, 1.82) is 0 Å². The van der Waals surface area contributed by atoms with E-state index in [1.807, 2.05) is 29.1 Å². The molecular formula is C24H22F3N5O4. The second-order valence-electron chi connectivity index (χ2n) is 8.15. The third kappa shape index (κ3) is 4.24. The van der Waals surface area contributed by atoms with Gasteiger partial charge in [-0.05, 0) is 17.7 Å². The van der Waals surface area contributed by atoms with Crippen molar-refractivity contribution in [3.05, 3.63) is 54.6 Å². The number of alkyl halides is 3. The van der Waals surface area contributed by atoms with E-state index in [2.05, 4.69) is 10.1 Å². The van der Waals surface area contributed by atoms with Gasteiger partial charge in [-0.3, -0.25) is 14.0 Å². The number of aromatic nitrogens is 4. The third-order valence-electron chi connectivity index (χ3n) is 5.96. The van der Waals surface area contributed by atoms with Gasteiger partial charge in [0.05, 0.1) is 56.4 Å². The van der Waals surface area contributed by atoms with Crippen LogP contribution in [0.5, 0.6) is 11.5 Å². The molecule has 188 valence electrons. The average Bonchev–Trinajstić information content (AvgIpc) is 3.49. The first-order valence-electron chi connectivity index (χ1n) is 11.0. The number of benzene rings is 2. The summed E-state index contributed by atoms with van der Waals surface area (Å²) in [5, 5.41) is 6.04. The minimum absolute atomic E-state index is 0.0224. The lowest BCUT2D eigenvalue weighted by atomic mass is 10.1. The number of carbonyl (C=O) groups excluding carboxylic acids is 1. The van der Waals surface area contributed by atoms with Crippen LogP contribution >= 0.6 is 0 Å². The summed E-state index contributed by atoms with van der Waals surface area (Å²) in [4.78, 5) is 17.0. The number of amides is 1. The molecule has 0 radical (unpaired) electrons. The minimum atomic E-state index is -3.37. The molecule has 5 rings (SSSR count). The van der Waals surface area contributed by atoms with Gasteiger partial charge in [0.1, 0.15) is 23.4 Å². The summed E-state index contributed by atoms with van der Waals surface area (Å²) in [6.45, 7) is 1.30.